The van der Waals surface area contributed by atoms with E-state index < -0.39 is 19.3 Å². The number of nitrogens with zero attached hydrogens (tertiary/aromatic N) is 1. The average molecular weight is 242 g/mol. The molecule has 78 valence electrons. The molecule has 1 aromatic heterocycles. The number of nitrogens with two attached hydrogens (primary N) is 1. The summed E-state index contributed by atoms with van der Waals surface area (Å²) in [5.74, 6) is 0. The number of pyridine rings is 1. The molecule has 1 rings (SSSR count). The first-order valence-electron chi connectivity index (χ1n) is 4.29. The summed E-state index contributed by atoms with van der Waals surface area (Å²) in [6, 6.07) is 0.949. The zero-order valence-electron chi connectivity index (χ0n) is 8.75. The molecule has 0 aliphatic rings. The summed E-state index contributed by atoms with van der Waals surface area (Å²) < 4.78 is 36.6. The van der Waals surface area contributed by atoms with Crippen LogP contribution in [0.5, 0.6) is 0 Å². The van der Waals surface area contributed by atoms with Crippen LogP contribution in [0.1, 0.15) is 24.1 Å². The zero-order valence-corrected chi connectivity index (χ0v) is 11.9. The van der Waals surface area contributed by atoms with Gasteiger partial charge < -0.3 is 18.7 Å². The van der Waals surface area contributed by atoms with Gasteiger partial charge in [0.25, 0.3) is 0 Å². The van der Waals surface area contributed by atoms with Gasteiger partial charge in [-0.15, -0.1) is 0 Å². The molecule has 2 nitrogen and oxygen atoms in total. The summed E-state index contributed by atoms with van der Waals surface area (Å²) in [4.78, 5) is 3.76. The van der Waals surface area contributed by atoms with Gasteiger partial charge in [-0.3, -0.25) is 4.98 Å². The van der Waals surface area contributed by atoms with Gasteiger partial charge >= 0.3 is 58.4 Å². The number of hydrogen-bond donors (Lipinski definition) is 1. The Kier molecular flexibility index (Phi) is 6.62. The van der Waals surface area contributed by atoms with Gasteiger partial charge in [0.1, 0.15) is 0 Å². The Hall–Kier alpha value is 0.601. The van der Waals surface area contributed by atoms with Gasteiger partial charge in [0.05, 0.1) is 0 Å². The van der Waals surface area contributed by atoms with Crippen LogP contribution in [0.2, 0.25) is 0 Å². The summed E-state index contributed by atoms with van der Waals surface area (Å²) >= 11 is 0. The van der Waals surface area contributed by atoms with Crippen LogP contribution in [-0.2, 0) is 6.32 Å². The standard InChI is InChI=1S/C8H11BF3N2.K/c1-6(13)8-5-14-3-2-7(8)4-9(10,11)12;/h2-3,5-6H,4,13H2,1H3;/q-1;+1. The maximum absolute atomic E-state index is 12.2. The Bertz CT molecular complexity index is 317. The monoisotopic (exact) mass is 242 g/mol. The summed E-state index contributed by atoms with van der Waals surface area (Å²) in [5, 5.41) is 0. The molecule has 0 saturated heterocycles. The Labute approximate surface area is 129 Å². The fraction of sp³-hybridized carbons (Fsp3) is 0.375. The van der Waals surface area contributed by atoms with Gasteiger partial charge in [-0.2, -0.15) is 0 Å². The number of aromatic nitrogens is 1. The van der Waals surface area contributed by atoms with Crippen LogP contribution in [0.4, 0.5) is 12.9 Å². The molecule has 0 spiro atoms. The van der Waals surface area contributed by atoms with Gasteiger partial charge in [0.15, 0.2) is 0 Å². The fourth-order valence-corrected chi connectivity index (χ4v) is 1.28. The first-order chi connectivity index (χ1) is 6.40. The summed E-state index contributed by atoms with van der Waals surface area (Å²) in [6.07, 6.45) is 1.85. The van der Waals surface area contributed by atoms with Crippen LogP contribution < -0.4 is 57.1 Å². The van der Waals surface area contributed by atoms with Crippen LogP contribution in [0.25, 0.3) is 0 Å². The molecule has 7 heteroatoms. The van der Waals surface area contributed by atoms with E-state index in [1.807, 2.05) is 0 Å². The minimum Gasteiger partial charge on any atom is -0.449 e. The van der Waals surface area contributed by atoms with Crippen LogP contribution >= 0.6 is 0 Å². The van der Waals surface area contributed by atoms with E-state index in [0.29, 0.717) is 5.56 Å². The van der Waals surface area contributed by atoms with E-state index in [4.69, 9.17) is 5.73 Å². The van der Waals surface area contributed by atoms with Gasteiger partial charge in [-0.1, -0.05) is 11.9 Å². The topological polar surface area (TPSA) is 38.9 Å². The third-order valence-electron chi connectivity index (χ3n) is 1.89. The minimum atomic E-state index is -4.81. The van der Waals surface area contributed by atoms with E-state index in [9.17, 15) is 12.9 Å². The van der Waals surface area contributed by atoms with Crippen molar-refractivity contribution in [3.8, 4) is 0 Å². The van der Waals surface area contributed by atoms with Crippen molar-refractivity contribution < 1.29 is 64.3 Å². The van der Waals surface area contributed by atoms with Gasteiger partial charge in [0.2, 0.25) is 0 Å². The van der Waals surface area contributed by atoms with E-state index in [1.54, 1.807) is 6.92 Å². The molecule has 15 heavy (non-hydrogen) atoms. The van der Waals surface area contributed by atoms with Gasteiger partial charge in [-0.25, -0.2) is 0 Å². The van der Waals surface area contributed by atoms with E-state index in [1.165, 1.54) is 18.5 Å². The first-order valence-corrected chi connectivity index (χ1v) is 4.29. The molecule has 0 saturated carbocycles. The second-order valence-corrected chi connectivity index (χ2v) is 3.28. The molecule has 0 aliphatic carbocycles. The maximum atomic E-state index is 12.2. The van der Waals surface area contributed by atoms with Crippen molar-refractivity contribution in [1.82, 2.24) is 4.98 Å². The third-order valence-corrected chi connectivity index (χ3v) is 1.89. The zero-order chi connectivity index (χ0) is 10.8. The third kappa shape index (κ3) is 5.46. The maximum Gasteiger partial charge on any atom is 1.00 e. The molecule has 1 aromatic rings. The second kappa shape index (κ2) is 6.36. The van der Waals surface area contributed by atoms with Crippen LogP contribution in [-0.4, -0.2) is 12.0 Å². The van der Waals surface area contributed by atoms with E-state index >= 15 is 0 Å². The van der Waals surface area contributed by atoms with E-state index in [0.717, 1.165) is 0 Å². The van der Waals surface area contributed by atoms with Crippen molar-refractivity contribution >= 4 is 6.98 Å². The largest absolute Gasteiger partial charge is 1.00 e. The second-order valence-electron chi connectivity index (χ2n) is 3.28. The first kappa shape index (κ1) is 15.6. The molecule has 0 bridgehead atoms. The smallest absolute Gasteiger partial charge is 0.449 e. The van der Waals surface area contributed by atoms with E-state index in [2.05, 4.69) is 4.98 Å². The van der Waals surface area contributed by atoms with Crippen molar-refractivity contribution in [2.75, 3.05) is 0 Å². The van der Waals surface area contributed by atoms with Gasteiger partial charge in [0, 0.05) is 18.4 Å². The SMILES string of the molecule is CC(N)c1cnccc1C[B-](F)(F)F.[K+]. The average Bonchev–Trinajstić information content (AvgIpc) is 2.01. The Morgan fingerprint density at radius 3 is 2.53 bits per heavy atom. The van der Waals surface area contributed by atoms with Gasteiger partial charge in [-0.05, 0) is 18.6 Å². The number of halogens is 3. The molecule has 1 heterocycles. The minimum absolute atomic E-state index is 0. The van der Waals surface area contributed by atoms with Crippen molar-refractivity contribution in [3.05, 3.63) is 29.6 Å². The predicted octanol–water partition coefficient (Wildman–Crippen LogP) is -0.966. The molecular formula is C8H11BF3KN2. The predicted molar refractivity (Wildman–Crippen MR) is 49.6 cm³/mol. The quantitative estimate of drug-likeness (QED) is 0.693. The molecule has 0 aromatic carbocycles. The Morgan fingerprint density at radius 2 is 2.07 bits per heavy atom. The summed E-state index contributed by atoms with van der Waals surface area (Å²) in [6.45, 7) is -3.17. The number of hydrogen-bond acceptors (Lipinski definition) is 2. The fourth-order valence-electron chi connectivity index (χ4n) is 1.28. The van der Waals surface area contributed by atoms with Crippen molar-refractivity contribution in [2.45, 2.75) is 19.3 Å². The molecule has 2 N–H and O–H groups in total. The Balaban J connectivity index is 0.00000196. The molecule has 1 atom stereocenters. The van der Waals surface area contributed by atoms with Crippen molar-refractivity contribution in [3.63, 3.8) is 0 Å². The molecular weight excluding hydrogens is 231 g/mol. The molecule has 1 unspecified atom stereocenters. The van der Waals surface area contributed by atoms with Crippen molar-refractivity contribution in [2.24, 2.45) is 5.73 Å². The summed E-state index contributed by atoms with van der Waals surface area (Å²) in [7, 11) is 0. The van der Waals surface area contributed by atoms with Crippen LogP contribution in [0.3, 0.4) is 0 Å². The Morgan fingerprint density at radius 1 is 1.47 bits per heavy atom. The normalized spacial score (nSPS) is 13.1. The van der Waals surface area contributed by atoms with Crippen LogP contribution in [0.15, 0.2) is 18.5 Å². The molecule has 0 fully saturated rings. The molecule has 0 amide bonds. The molecule has 0 radical (unpaired) electrons. The van der Waals surface area contributed by atoms with Crippen molar-refractivity contribution in [1.29, 1.82) is 0 Å². The van der Waals surface area contributed by atoms with E-state index in [-0.39, 0.29) is 56.9 Å². The number of rotatable bonds is 3. The van der Waals surface area contributed by atoms with Crippen LogP contribution in [0, 0.1) is 0 Å². The molecule has 0 aliphatic heterocycles. The summed E-state index contributed by atoms with van der Waals surface area (Å²) in [5.41, 5.74) is 6.22.